The van der Waals surface area contributed by atoms with E-state index in [4.69, 9.17) is 16.3 Å². The quantitative estimate of drug-likeness (QED) is 0.371. The van der Waals surface area contributed by atoms with Crippen molar-refractivity contribution in [3.63, 3.8) is 0 Å². The molecule has 2 N–H and O–H groups in total. The largest absolute Gasteiger partial charge is 0.453 e. The zero-order chi connectivity index (χ0) is 24.1. The van der Waals surface area contributed by atoms with E-state index < -0.39 is 0 Å². The van der Waals surface area contributed by atoms with Crippen LogP contribution in [0.1, 0.15) is 28.9 Å². The number of amides is 1. The van der Waals surface area contributed by atoms with Crippen molar-refractivity contribution in [2.45, 2.75) is 13.0 Å². The Bertz CT molecular complexity index is 1340. The molecule has 172 valence electrons. The summed E-state index contributed by atoms with van der Waals surface area (Å²) in [6.45, 7) is 1.94. The number of carbonyl (C=O) groups is 1. The maximum atomic E-state index is 12.7. The average Bonchev–Trinajstić information content (AvgIpc) is 2.86. The average molecular weight is 475 g/mol. The molecule has 1 aromatic heterocycles. The van der Waals surface area contributed by atoms with Crippen molar-refractivity contribution in [3.05, 3.63) is 112 Å². The molecule has 4 aromatic rings. The van der Waals surface area contributed by atoms with Gasteiger partial charge in [-0.05, 0) is 61.0 Å². The molecule has 4 rings (SSSR count). The number of aromatic nitrogens is 2. The minimum absolute atomic E-state index is 0.126. The fourth-order valence-electron chi connectivity index (χ4n) is 3.30. The van der Waals surface area contributed by atoms with E-state index in [1.54, 1.807) is 55.6 Å². The van der Waals surface area contributed by atoms with Gasteiger partial charge in [0.05, 0.1) is 12.2 Å². The molecule has 0 fully saturated rings. The number of carbonyl (C=O) groups excluding carboxylic acids is 1. The Hall–Kier alpha value is -4.10. The van der Waals surface area contributed by atoms with Crippen LogP contribution in [-0.2, 0) is 7.05 Å². The summed E-state index contributed by atoms with van der Waals surface area (Å²) in [5.74, 6) is 0.598. The number of rotatable bonds is 7. The summed E-state index contributed by atoms with van der Waals surface area (Å²) in [6, 6.07) is 23.3. The predicted octanol–water partition coefficient (Wildman–Crippen LogP) is 5.46. The van der Waals surface area contributed by atoms with Crippen molar-refractivity contribution in [1.82, 2.24) is 15.1 Å². The van der Waals surface area contributed by atoms with Gasteiger partial charge in [0, 0.05) is 23.3 Å². The van der Waals surface area contributed by atoms with Crippen LogP contribution < -0.4 is 20.9 Å². The van der Waals surface area contributed by atoms with Gasteiger partial charge >= 0.3 is 0 Å². The number of anilines is 2. The van der Waals surface area contributed by atoms with Gasteiger partial charge in [0.25, 0.3) is 11.5 Å². The maximum absolute atomic E-state index is 12.7. The number of benzene rings is 3. The van der Waals surface area contributed by atoms with E-state index in [-0.39, 0.29) is 28.9 Å². The Morgan fingerprint density at radius 2 is 1.68 bits per heavy atom. The van der Waals surface area contributed by atoms with Gasteiger partial charge in [0.1, 0.15) is 5.75 Å². The Labute approximate surface area is 202 Å². The first-order chi connectivity index (χ1) is 16.4. The van der Waals surface area contributed by atoms with Gasteiger partial charge in [-0.25, -0.2) is 4.68 Å². The standard InChI is InChI=1S/C26H23ClN4O3/c1-17(18-6-4-3-5-7-18)29-25(32)19-8-12-21(13-9-19)30-24-23(16-28-31(2)26(24)33)34-22-14-10-20(27)11-15-22/h3-17,30H,1-2H3,(H,29,32). The van der Waals surface area contributed by atoms with Crippen LogP contribution in [-0.4, -0.2) is 15.7 Å². The Morgan fingerprint density at radius 1 is 1.00 bits per heavy atom. The normalized spacial score (nSPS) is 11.5. The summed E-state index contributed by atoms with van der Waals surface area (Å²) in [4.78, 5) is 25.4. The summed E-state index contributed by atoms with van der Waals surface area (Å²) in [5, 5.41) is 10.7. The van der Waals surface area contributed by atoms with Crippen molar-refractivity contribution in [2.75, 3.05) is 5.32 Å². The SMILES string of the molecule is CC(NC(=O)c1ccc(Nc2c(Oc3ccc(Cl)cc3)cnn(C)c2=O)cc1)c1ccccc1. The fraction of sp³-hybridized carbons (Fsp3) is 0.115. The number of nitrogens with one attached hydrogen (secondary N) is 2. The van der Waals surface area contributed by atoms with E-state index in [1.807, 2.05) is 37.3 Å². The molecule has 0 aliphatic rings. The predicted molar refractivity (Wildman–Crippen MR) is 133 cm³/mol. The van der Waals surface area contributed by atoms with E-state index in [2.05, 4.69) is 15.7 Å². The molecular formula is C26H23ClN4O3. The minimum atomic E-state index is -0.357. The first-order valence-electron chi connectivity index (χ1n) is 10.6. The molecule has 3 aromatic carbocycles. The highest BCUT2D eigenvalue weighted by Gasteiger charge is 2.14. The van der Waals surface area contributed by atoms with Crippen molar-refractivity contribution < 1.29 is 9.53 Å². The van der Waals surface area contributed by atoms with E-state index in [0.29, 0.717) is 22.0 Å². The molecule has 0 aliphatic heterocycles. The van der Waals surface area contributed by atoms with E-state index in [1.165, 1.54) is 10.9 Å². The molecule has 34 heavy (non-hydrogen) atoms. The van der Waals surface area contributed by atoms with Gasteiger partial charge in [-0.15, -0.1) is 0 Å². The molecule has 1 heterocycles. The summed E-state index contributed by atoms with van der Waals surface area (Å²) in [7, 11) is 1.56. The van der Waals surface area contributed by atoms with Crippen molar-refractivity contribution in [1.29, 1.82) is 0 Å². The first kappa shape index (κ1) is 23.1. The maximum Gasteiger partial charge on any atom is 0.294 e. The van der Waals surface area contributed by atoms with Crippen molar-refractivity contribution in [3.8, 4) is 11.5 Å². The first-order valence-corrected chi connectivity index (χ1v) is 11.0. The van der Waals surface area contributed by atoms with Gasteiger partial charge in [-0.2, -0.15) is 5.10 Å². The molecule has 1 amide bonds. The zero-order valence-electron chi connectivity index (χ0n) is 18.7. The number of aryl methyl sites for hydroxylation is 1. The van der Waals surface area contributed by atoms with Crippen molar-refractivity contribution in [2.24, 2.45) is 7.05 Å². The summed E-state index contributed by atoms with van der Waals surface area (Å²) >= 11 is 5.93. The molecule has 0 saturated heterocycles. The number of hydrogen-bond donors (Lipinski definition) is 2. The van der Waals surface area contributed by atoms with Gasteiger partial charge in [0.15, 0.2) is 11.4 Å². The lowest BCUT2D eigenvalue weighted by atomic mass is 10.1. The molecule has 0 radical (unpaired) electrons. The van der Waals surface area contributed by atoms with Crippen LogP contribution in [0.4, 0.5) is 11.4 Å². The summed E-state index contributed by atoms with van der Waals surface area (Å²) in [5.41, 5.74) is 2.02. The number of nitrogens with zero attached hydrogens (tertiary/aromatic N) is 2. The minimum Gasteiger partial charge on any atom is -0.453 e. The Balaban J connectivity index is 1.50. The summed E-state index contributed by atoms with van der Waals surface area (Å²) in [6.07, 6.45) is 1.46. The second kappa shape index (κ2) is 10.2. The molecule has 0 bridgehead atoms. The lowest BCUT2D eigenvalue weighted by Crippen LogP contribution is -2.26. The number of halogens is 1. The molecule has 0 aliphatic carbocycles. The second-order valence-electron chi connectivity index (χ2n) is 7.68. The van der Waals surface area contributed by atoms with Gasteiger partial charge < -0.3 is 15.4 Å². The summed E-state index contributed by atoms with van der Waals surface area (Å²) < 4.78 is 7.07. The molecular weight excluding hydrogens is 452 g/mol. The second-order valence-corrected chi connectivity index (χ2v) is 8.11. The van der Waals surface area contributed by atoms with Crippen LogP contribution in [0.3, 0.4) is 0 Å². The molecule has 1 unspecified atom stereocenters. The van der Waals surface area contributed by atoms with E-state index >= 15 is 0 Å². The van der Waals surface area contributed by atoms with Gasteiger partial charge in [-0.3, -0.25) is 9.59 Å². The third-order valence-corrected chi connectivity index (χ3v) is 5.46. The highest BCUT2D eigenvalue weighted by molar-refractivity contribution is 6.30. The van der Waals surface area contributed by atoms with Crippen LogP contribution in [0.5, 0.6) is 11.5 Å². The Morgan fingerprint density at radius 3 is 2.35 bits per heavy atom. The van der Waals surface area contributed by atoms with Crippen LogP contribution in [0, 0.1) is 0 Å². The topological polar surface area (TPSA) is 85.2 Å². The lowest BCUT2D eigenvalue weighted by Gasteiger charge is -2.15. The number of hydrogen-bond acceptors (Lipinski definition) is 5. The molecule has 0 spiro atoms. The van der Waals surface area contributed by atoms with E-state index in [0.717, 1.165) is 5.56 Å². The third kappa shape index (κ3) is 5.44. The highest BCUT2D eigenvalue weighted by atomic mass is 35.5. The Kier molecular flexibility index (Phi) is 6.94. The number of ether oxygens (including phenoxy) is 1. The smallest absolute Gasteiger partial charge is 0.294 e. The molecule has 7 nitrogen and oxygen atoms in total. The highest BCUT2D eigenvalue weighted by Crippen LogP contribution is 2.29. The fourth-order valence-corrected chi connectivity index (χ4v) is 3.43. The van der Waals surface area contributed by atoms with Gasteiger partial charge in [0.2, 0.25) is 0 Å². The van der Waals surface area contributed by atoms with Crippen LogP contribution >= 0.6 is 11.6 Å². The zero-order valence-corrected chi connectivity index (χ0v) is 19.4. The van der Waals surface area contributed by atoms with Gasteiger partial charge in [-0.1, -0.05) is 41.9 Å². The monoisotopic (exact) mass is 474 g/mol. The van der Waals surface area contributed by atoms with Crippen LogP contribution in [0.15, 0.2) is 89.9 Å². The third-order valence-electron chi connectivity index (χ3n) is 5.21. The van der Waals surface area contributed by atoms with E-state index in [9.17, 15) is 9.59 Å². The lowest BCUT2D eigenvalue weighted by molar-refractivity contribution is 0.0940. The van der Waals surface area contributed by atoms with Crippen LogP contribution in [0.25, 0.3) is 0 Å². The molecule has 0 saturated carbocycles. The van der Waals surface area contributed by atoms with Crippen LogP contribution in [0.2, 0.25) is 5.02 Å². The molecule has 1 atom stereocenters. The molecule has 8 heteroatoms. The van der Waals surface area contributed by atoms with Crippen molar-refractivity contribution >= 4 is 28.9 Å².